The number of fused-ring (bicyclic) bond motifs is 4. The van der Waals surface area contributed by atoms with Crippen molar-refractivity contribution in [3.63, 3.8) is 0 Å². The topological polar surface area (TPSA) is 112 Å². The normalized spacial score (nSPS) is 52.5. The summed E-state index contributed by atoms with van der Waals surface area (Å²) in [6, 6.07) is 0. The average molecular weight is 648 g/mol. The number of hydrogen-bond acceptors (Lipinski definition) is 8. The van der Waals surface area contributed by atoms with Crippen molar-refractivity contribution >= 4 is 0 Å². The van der Waals surface area contributed by atoms with E-state index in [0.29, 0.717) is 42.7 Å². The van der Waals surface area contributed by atoms with Gasteiger partial charge in [0.2, 0.25) is 0 Å². The van der Waals surface area contributed by atoms with Crippen molar-refractivity contribution in [3.8, 4) is 0 Å². The number of hydrogen-bond donors (Lipinski definition) is 4. The smallest absolute Gasteiger partial charge is 0.170 e. The Morgan fingerprint density at radius 3 is 2.33 bits per heavy atom. The van der Waals surface area contributed by atoms with Gasteiger partial charge in [0.15, 0.2) is 6.29 Å². The van der Waals surface area contributed by atoms with Gasteiger partial charge in [-0.15, -0.1) is 0 Å². The van der Waals surface area contributed by atoms with Crippen molar-refractivity contribution in [2.45, 2.75) is 162 Å². The summed E-state index contributed by atoms with van der Waals surface area (Å²) in [6.45, 7) is 21.8. The zero-order valence-corrected chi connectivity index (χ0v) is 30.2. The molecular formula is C38H65NO7. The molecule has 0 aromatic carbocycles. The molecule has 4 N–H and O–H groups in total. The molecule has 46 heavy (non-hydrogen) atoms. The van der Waals surface area contributed by atoms with Gasteiger partial charge in [-0.1, -0.05) is 34.6 Å². The van der Waals surface area contributed by atoms with E-state index in [4.69, 9.17) is 14.2 Å². The maximum Gasteiger partial charge on any atom is 0.170 e. The lowest BCUT2D eigenvalue weighted by Crippen LogP contribution is -2.60. The van der Waals surface area contributed by atoms with Gasteiger partial charge in [0.1, 0.15) is 6.10 Å². The van der Waals surface area contributed by atoms with Crippen LogP contribution >= 0.6 is 0 Å². The molecule has 0 aromatic rings. The summed E-state index contributed by atoms with van der Waals surface area (Å²) < 4.78 is 19.7. The summed E-state index contributed by atoms with van der Waals surface area (Å²) in [5.41, 5.74) is -1.24. The van der Waals surface area contributed by atoms with Crippen molar-refractivity contribution in [1.82, 2.24) is 4.90 Å². The molecule has 2 aliphatic heterocycles. The summed E-state index contributed by atoms with van der Waals surface area (Å²) >= 11 is 0. The summed E-state index contributed by atoms with van der Waals surface area (Å²) in [5, 5.41) is 44.1. The second-order valence-electron chi connectivity index (χ2n) is 19.5. The Morgan fingerprint density at radius 1 is 0.978 bits per heavy atom. The quantitative estimate of drug-likeness (QED) is 0.327. The predicted octanol–water partition coefficient (Wildman–Crippen LogP) is 4.75. The molecule has 8 unspecified atom stereocenters. The highest BCUT2D eigenvalue weighted by Crippen LogP contribution is 2.89. The fourth-order valence-corrected chi connectivity index (χ4v) is 13.7. The van der Waals surface area contributed by atoms with Crippen LogP contribution in [0.15, 0.2) is 0 Å². The molecule has 0 radical (unpaired) electrons. The number of morpholine rings is 1. The molecule has 5 saturated carbocycles. The summed E-state index contributed by atoms with van der Waals surface area (Å²) in [4.78, 5) is 2.31. The summed E-state index contributed by atoms with van der Waals surface area (Å²) in [5.74, 6) is 1.58. The van der Waals surface area contributed by atoms with Crippen LogP contribution in [0, 0.1) is 50.7 Å². The molecule has 5 aliphatic carbocycles. The molecule has 264 valence electrons. The van der Waals surface area contributed by atoms with Crippen LogP contribution in [-0.2, 0) is 14.2 Å². The fraction of sp³-hybridized carbons (Fsp3) is 1.00. The number of nitrogens with zero attached hydrogens (tertiary/aromatic N) is 1. The maximum atomic E-state index is 12.4. The van der Waals surface area contributed by atoms with Crippen LogP contribution in [0.25, 0.3) is 0 Å². The van der Waals surface area contributed by atoms with E-state index in [2.05, 4.69) is 53.4 Å². The molecule has 7 rings (SSSR count). The van der Waals surface area contributed by atoms with Crippen LogP contribution in [0.4, 0.5) is 0 Å². The molecule has 2 spiro atoms. The van der Waals surface area contributed by atoms with Crippen LogP contribution in [-0.4, -0.2) is 99.6 Å². The Kier molecular flexibility index (Phi) is 7.87. The first-order valence-corrected chi connectivity index (χ1v) is 18.7. The van der Waals surface area contributed by atoms with Crippen molar-refractivity contribution < 1.29 is 34.6 Å². The van der Waals surface area contributed by atoms with Crippen molar-refractivity contribution in [1.29, 1.82) is 0 Å². The SMILES string of the molecule is C[C@@H]1CC(C(O)C(C)(C)O)OC2[C@H]1C1(C)CCC34CC35CCC(O[C@H]3CN(C(C)(C)CO)CCO3)C(C)(C)[C@@H]5CCC4[C@]1(C)[C@H]2O. The average Bonchev–Trinajstić information content (AvgIpc) is 3.62. The zero-order valence-electron chi connectivity index (χ0n) is 30.2. The number of aliphatic hydroxyl groups is 4. The van der Waals surface area contributed by atoms with E-state index in [1.165, 1.54) is 25.7 Å². The van der Waals surface area contributed by atoms with Gasteiger partial charge < -0.3 is 34.6 Å². The first-order valence-electron chi connectivity index (χ1n) is 18.7. The van der Waals surface area contributed by atoms with Crippen LogP contribution in [0.3, 0.4) is 0 Å². The van der Waals surface area contributed by atoms with Gasteiger partial charge in [0.05, 0.1) is 49.8 Å². The molecule has 0 amide bonds. The van der Waals surface area contributed by atoms with E-state index in [0.717, 1.165) is 25.8 Å². The molecule has 14 atom stereocenters. The second-order valence-corrected chi connectivity index (χ2v) is 19.5. The highest BCUT2D eigenvalue weighted by Gasteiger charge is 2.84. The van der Waals surface area contributed by atoms with E-state index >= 15 is 0 Å². The van der Waals surface area contributed by atoms with Gasteiger partial charge in [0, 0.05) is 17.5 Å². The van der Waals surface area contributed by atoms with Crippen LogP contribution in [0.1, 0.15) is 114 Å². The number of ether oxygens (including phenoxy) is 3. The van der Waals surface area contributed by atoms with Gasteiger partial charge in [-0.3, -0.25) is 4.90 Å². The van der Waals surface area contributed by atoms with E-state index in [-0.39, 0.29) is 58.2 Å². The van der Waals surface area contributed by atoms with Crippen molar-refractivity contribution in [2.24, 2.45) is 50.7 Å². The standard InChI is InChI=1S/C38H65NO7/c1-22-18-23(30(41)34(6,7)43)45-29-28(22)35(8)14-15-38-20-37(38)13-12-26(46-27-19-39(16-17-44-27)32(2,3)21-40)33(4,5)24(37)10-11-25(38)36(35,9)31(29)42/h22-31,40-43H,10-21H2,1-9H3/t22-,23?,24+,25?,26?,27+,28+,29?,30?,31+,35?,36-,37?,38?/m1/s1. The van der Waals surface area contributed by atoms with Gasteiger partial charge in [-0.05, 0) is 124 Å². The minimum absolute atomic E-state index is 0.0207. The Hall–Kier alpha value is -0.320. The molecule has 2 saturated heterocycles. The Balaban J connectivity index is 1.12. The van der Waals surface area contributed by atoms with Crippen molar-refractivity contribution in [2.75, 3.05) is 26.3 Å². The van der Waals surface area contributed by atoms with Crippen LogP contribution < -0.4 is 0 Å². The van der Waals surface area contributed by atoms with Crippen LogP contribution in [0.5, 0.6) is 0 Å². The van der Waals surface area contributed by atoms with Gasteiger partial charge in [-0.2, -0.15) is 0 Å². The highest BCUT2D eigenvalue weighted by molar-refractivity contribution is 5.33. The fourth-order valence-electron chi connectivity index (χ4n) is 13.7. The molecule has 8 heteroatoms. The highest BCUT2D eigenvalue weighted by atomic mass is 16.7. The molecule has 7 fully saturated rings. The molecule has 7 aliphatic rings. The third-order valence-electron chi connectivity index (χ3n) is 16.4. The Bertz CT molecular complexity index is 1190. The molecule has 0 bridgehead atoms. The van der Waals surface area contributed by atoms with Crippen LogP contribution in [0.2, 0.25) is 0 Å². The summed E-state index contributed by atoms with van der Waals surface area (Å²) in [6.07, 6.45) is 6.37. The van der Waals surface area contributed by atoms with E-state index in [1.54, 1.807) is 13.8 Å². The first kappa shape index (κ1) is 34.1. The predicted molar refractivity (Wildman–Crippen MR) is 176 cm³/mol. The Labute approximate surface area is 277 Å². The lowest BCUT2D eigenvalue weighted by molar-refractivity contribution is -0.254. The zero-order chi connectivity index (χ0) is 33.5. The molecule has 0 aromatic heterocycles. The first-order chi connectivity index (χ1) is 21.3. The monoisotopic (exact) mass is 647 g/mol. The molecule has 8 nitrogen and oxygen atoms in total. The van der Waals surface area contributed by atoms with Gasteiger partial charge in [0.25, 0.3) is 0 Å². The maximum absolute atomic E-state index is 12.4. The summed E-state index contributed by atoms with van der Waals surface area (Å²) in [7, 11) is 0. The number of rotatable bonds is 6. The minimum Gasteiger partial charge on any atom is -0.394 e. The molecular weight excluding hydrogens is 582 g/mol. The van der Waals surface area contributed by atoms with E-state index < -0.39 is 23.9 Å². The number of aliphatic hydroxyl groups excluding tert-OH is 3. The van der Waals surface area contributed by atoms with E-state index in [1.807, 2.05) is 0 Å². The van der Waals surface area contributed by atoms with Gasteiger partial charge >= 0.3 is 0 Å². The largest absolute Gasteiger partial charge is 0.394 e. The molecule has 2 heterocycles. The Morgan fingerprint density at radius 2 is 1.65 bits per heavy atom. The lowest BCUT2D eigenvalue weighted by atomic mass is 9.41. The lowest BCUT2D eigenvalue weighted by Gasteiger charge is -2.64. The third kappa shape index (κ3) is 4.39. The van der Waals surface area contributed by atoms with Crippen molar-refractivity contribution in [3.05, 3.63) is 0 Å². The second kappa shape index (κ2) is 10.6. The van der Waals surface area contributed by atoms with E-state index in [9.17, 15) is 20.4 Å². The third-order valence-corrected chi connectivity index (χ3v) is 16.4. The van der Waals surface area contributed by atoms with Gasteiger partial charge in [-0.25, -0.2) is 0 Å². The minimum atomic E-state index is -1.25.